The Bertz CT molecular complexity index is 424. The van der Waals surface area contributed by atoms with Gasteiger partial charge in [0.2, 0.25) is 5.91 Å². The van der Waals surface area contributed by atoms with Gasteiger partial charge >= 0.3 is 0 Å². The van der Waals surface area contributed by atoms with Crippen LogP contribution >= 0.6 is 11.3 Å². The van der Waals surface area contributed by atoms with E-state index in [1.165, 1.54) is 18.3 Å². The number of nitrogens with one attached hydrogen (secondary N) is 1. The van der Waals surface area contributed by atoms with E-state index in [0.717, 1.165) is 19.4 Å². The highest BCUT2D eigenvalue weighted by Crippen LogP contribution is 2.19. The van der Waals surface area contributed by atoms with Crippen LogP contribution in [0.25, 0.3) is 0 Å². The highest BCUT2D eigenvalue weighted by atomic mass is 32.1. The molecule has 2 heterocycles. The van der Waals surface area contributed by atoms with Gasteiger partial charge in [0.05, 0.1) is 12.5 Å². The van der Waals surface area contributed by atoms with E-state index >= 15 is 0 Å². The lowest BCUT2D eigenvalue weighted by Crippen LogP contribution is -2.19. The number of rotatable bonds is 4. The van der Waals surface area contributed by atoms with Crippen LogP contribution in [0, 0.1) is 0 Å². The molecule has 1 fully saturated rings. The second-order valence-electron chi connectivity index (χ2n) is 3.98. The predicted octanol–water partition coefficient (Wildman–Crippen LogP) is 1.85. The Morgan fingerprint density at radius 1 is 1.65 bits per heavy atom. The molecular weight excluding hydrogens is 240 g/mol. The highest BCUT2D eigenvalue weighted by molar-refractivity contribution is 7.14. The topological polar surface area (TPSA) is 68.3 Å². The minimum atomic E-state index is -0.110. The third-order valence-corrected chi connectivity index (χ3v) is 3.31. The van der Waals surface area contributed by atoms with Gasteiger partial charge < -0.3 is 10.1 Å². The van der Waals surface area contributed by atoms with E-state index in [1.54, 1.807) is 5.38 Å². The van der Waals surface area contributed by atoms with E-state index in [1.807, 2.05) is 0 Å². The lowest BCUT2D eigenvalue weighted by Gasteiger charge is -2.07. The first-order valence-electron chi connectivity index (χ1n) is 5.53. The zero-order valence-electron chi connectivity index (χ0n) is 9.56. The zero-order chi connectivity index (χ0) is 12.3. The van der Waals surface area contributed by atoms with Gasteiger partial charge in [-0.25, -0.2) is 4.98 Å². The van der Waals surface area contributed by atoms with Crippen molar-refractivity contribution < 1.29 is 14.3 Å². The Hall–Kier alpha value is -1.27. The molecule has 1 aromatic heterocycles. The van der Waals surface area contributed by atoms with Gasteiger partial charge in [0.15, 0.2) is 10.9 Å². The fourth-order valence-electron chi connectivity index (χ4n) is 1.68. The molecule has 1 saturated heterocycles. The van der Waals surface area contributed by atoms with E-state index in [-0.39, 0.29) is 17.8 Å². The number of ether oxygens (including phenoxy) is 1. The maximum atomic E-state index is 11.6. The number of hydrogen-bond donors (Lipinski definition) is 1. The first-order valence-corrected chi connectivity index (χ1v) is 6.41. The second kappa shape index (κ2) is 5.37. The van der Waals surface area contributed by atoms with E-state index in [9.17, 15) is 9.59 Å². The van der Waals surface area contributed by atoms with Gasteiger partial charge in [0.25, 0.3) is 0 Å². The number of amides is 1. The molecule has 0 saturated carbocycles. The second-order valence-corrected chi connectivity index (χ2v) is 4.84. The fraction of sp³-hybridized carbons (Fsp3) is 0.545. The smallest absolute Gasteiger partial charge is 0.228 e. The fourth-order valence-corrected chi connectivity index (χ4v) is 2.44. The summed E-state index contributed by atoms with van der Waals surface area (Å²) in [5, 5.41) is 4.79. The van der Waals surface area contributed by atoms with Gasteiger partial charge in [-0.15, -0.1) is 11.3 Å². The van der Waals surface area contributed by atoms with Gasteiger partial charge in [-0.05, 0) is 12.8 Å². The number of anilines is 1. The molecule has 1 atom stereocenters. The van der Waals surface area contributed by atoms with Crippen LogP contribution in [-0.2, 0) is 9.53 Å². The van der Waals surface area contributed by atoms with Gasteiger partial charge in [-0.3, -0.25) is 9.59 Å². The first kappa shape index (κ1) is 12.2. The van der Waals surface area contributed by atoms with Crippen LogP contribution in [0.15, 0.2) is 5.38 Å². The number of Topliss-reactive ketones (excluding diaryl/α,β-unsaturated/α-hetero) is 1. The summed E-state index contributed by atoms with van der Waals surface area (Å²) in [4.78, 5) is 26.7. The maximum Gasteiger partial charge on any atom is 0.228 e. The standard InChI is InChI=1S/C11H14N2O3S/c1-7(14)9-6-17-11(12-9)13-10(15)5-8-3-2-4-16-8/h6,8H,2-5H2,1H3,(H,12,13,15). The molecule has 1 amide bonds. The van der Waals surface area contributed by atoms with Crippen LogP contribution in [0.1, 0.15) is 36.7 Å². The number of aromatic nitrogens is 1. The SMILES string of the molecule is CC(=O)c1csc(NC(=O)CC2CCCO2)n1. The summed E-state index contributed by atoms with van der Waals surface area (Å²) in [5.74, 6) is -0.206. The Kier molecular flexibility index (Phi) is 3.86. The molecule has 0 aromatic carbocycles. The van der Waals surface area contributed by atoms with Crippen molar-refractivity contribution in [1.82, 2.24) is 4.98 Å². The molecule has 1 aromatic rings. The molecular formula is C11H14N2O3S. The average Bonchev–Trinajstić information content (AvgIpc) is 2.88. The van der Waals surface area contributed by atoms with Gasteiger partial charge in [0.1, 0.15) is 5.69 Å². The predicted molar refractivity (Wildman–Crippen MR) is 64.3 cm³/mol. The monoisotopic (exact) mass is 254 g/mol. The average molecular weight is 254 g/mol. The van der Waals surface area contributed by atoms with Crippen LogP contribution < -0.4 is 5.32 Å². The number of thiazole rings is 1. The van der Waals surface area contributed by atoms with Crippen LogP contribution in [-0.4, -0.2) is 29.4 Å². The number of hydrogen-bond acceptors (Lipinski definition) is 5. The van der Waals surface area contributed by atoms with Crippen LogP contribution in [0.5, 0.6) is 0 Å². The lowest BCUT2D eigenvalue weighted by atomic mass is 10.2. The maximum absolute atomic E-state index is 11.6. The van der Waals surface area contributed by atoms with Gasteiger partial charge in [-0.1, -0.05) is 0 Å². The number of ketones is 1. The molecule has 0 spiro atoms. The molecule has 1 aliphatic heterocycles. The molecule has 0 bridgehead atoms. The molecule has 6 heteroatoms. The molecule has 92 valence electrons. The molecule has 0 radical (unpaired) electrons. The van der Waals surface area contributed by atoms with Crippen molar-refractivity contribution in [3.63, 3.8) is 0 Å². The van der Waals surface area contributed by atoms with Crippen molar-refractivity contribution in [2.75, 3.05) is 11.9 Å². The Morgan fingerprint density at radius 2 is 2.47 bits per heavy atom. The van der Waals surface area contributed by atoms with Crippen LogP contribution in [0.2, 0.25) is 0 Å². The van der Waals surface area contributed by atoms with Crippen LogP contribution in [0.3, 0.4) is 0 Å². The summed E-state index contributed by atoms with van der Waals surface area (Å²) in [6.45, 7) is 2.19. The van der Waals surface area contributed by atoms with Crippen molar-refractivity contribution in [3.8, 4) is 0 Å². The molecule has 0 aliphatic carbocycles. The lowest BCUT2D eigenvalue weighted by molar-refractivity contribution is -0.118. The molecule has 1 aliphatic rings. The van der Waals surface area contributed by atoms with E-state index in [2.05, 4.69) is 10.3 Å². The third-order valence-electron chi connectivity index (χ3n) is 2.55. The molecule has 17 heavy (non-hydrogen) atoms. The summed E-state index contributed by atoms with van der Waals surface area (Å²) in [7, 11) is 0. The minimum Gasteiger partial charge on any atom is -0.378 e. The van der Waals surface area contributed by atoms with E-state index in [0.29, 0.717) is 17.2 Å². The summed E-state index contributed by atoms with van der Waals surface area (Å²) >= 11 is 1.26. The Labute approximate surface area is 103 Å². The van der Waals surface area contributed by atoms with Crippen molar-refractivity contribution in [2.45, 2.75) is 32.3 Å². The zero-order valence-corrected chi connectivity index (χ0v) is 10.4. The van der Waals surface area contributed by atoms with Crippen LogP contribution in [0.4, 0.5) is 5.13 Å². The first-order chi connectivity index (χ1) is 8.15. The van der Waals surface area contributed by atoms with Crippen molar-refractivity contribution in [2.24, 2.45) is 0 Å². The summed E-state index contributed by atoms with van der Waals surface area (Å²) in [6, 6.07) is 0. The van der Waals surface area contributed by atoms with Crippen molar-refractivity contribution >= 4 is 28.2 Å². The molecule has 1 N–H and O–H groups in total. The minimum absolute atomic E-state index is 0.0299. The number of carbonyl (C=O) groups is 2. The highest BCUT2D eigenvalue weighted by Gasteiger charge is 2.19. The molecule has 2 rings (SSSR count). The summed E-state index contributed by atoms with van der Waals surface area (Å²) in [5.41, 5.74) is 0.391. The molecule has 1 unspecified atom stereocenters. The van der Waals surface area contributed by atoms with Gasteiger partial charge in [-0.2, -0.15) is 0 Å². The third kappa shape index (κ3) is 3.34. The number of nitrogens with zero attached hydrogens (tertiary/aromatic N) is 1. The quantitative estimate of drug-likeness (QED) is 0.833. The summed E-state index contributed by atoms with van der Waals surface area (Å²) in [6.07, 6.45) is 2.34. The molecule has 5 nitrogen and oxygen atoms in total. The Morgan fingerprint density at radius 3 is 3.06 bits per heavy atom. The van der Waals surface area contributed by atoms with Crippen molar-refractivity contribution in [1.29, 1.82) is 0 Å². The normalized spacial score (nSPS) is 19.2. The van der Waals surface area contributed by atoms with Crippen molar-refractivity contribution in [3.05, 3.63) is 11.1 Å². The van der Waals surface area contributed by atoms with E-state index < -0.39 is 0 Å². The largest absolute Gasteiger partial charge is 0.378 e. The Balaban J connectivity index is 1.86. The number of carbonyl (C=O) groups excluding carboxylic acids is 2. The summed E-state index contributed by atoms with van der Waals surface area (Å²) < 4.78 is 5.37. The van der Waals surface area contributed by atoms with Gasteiger partial charge in [0, 0.05) is 18.9 Å². The van der Waals surface area contributed by atoms with E-state index in [4.69, 9.17) is 4.74 Å².